The first-order valence-corrected chi connectivity index (χ1v) is 10.7. The first kappa shape index (κ1) is 21.9. The van der Waals surface area contributed by atoms with Crippen LogP contribution in [0.15, 0.2) is 42.7 Å². The Morgan fingerprint density at radius 2 is 1.81 bits per heavy atom. The molecular formula is C23H29N7O2. The third kappa shape index (κ3) is 5.30. The number of piperazine rings is 1. The van der Waals surface area contributed by atoms with Crippen LogP contribution in [0.1, 0.15) is 19.5 Å². The van der Waals surface area contributed by atoms with Gasteiger partial charge in [-0.1, -0.05) is 0 Å². The smallest absolute Gasteiger partial charge is 0.188 e. The second-order valence-electron chi connectivity index (χ2n) is 8.09. The van der Waals surface area contributed by atoms with E-state index in [0.29, 0.717) is 29.2 Å². The fourth-order valence-electron chi connectivity index (χ4n) is 3.78. The number of nitrogens with zero attached hydrogens (tertiary/aromatic N) is 5. The van der Waals surface area contributed by atoms with E-state index >= 15 is 0 Å². The summed E-state index contributed by atoms with van der Waals surface area (Å²) in [4.78, 5) is 11.2. The van der Waals surface area contributed by atoms with Crippen LogP contribution in [0.4, 0.5) is 17.2 Å². The molecule has 0 aliphatic carbocycles. The van der Waals surface area contributed by atoms with Gasteiger partial charge in [-0.25, -0.2) is 4.98 Å². The third-order valence-corrected chi connectivity index (χ3v) is 5.16. The van der Waals surface area contributed by atoms with Gasteiger partial charge in [-0.2, -0.15) is 0 Å². The van der Waals surface area contributed by atoms with Crippen molar-refractivity contribution in [3.63, 3.8) is 0 Å². The van der Waals surface area contributed by atoms with Crippen LogP contribution in [0.2, 0.25) is 0 Å². The summed E-state index contributed by atoms with van der Waals surface area (Å²) in [7, 11) is 1.58. The molecule has 2 N–H and O–H groups in total. The average molecular weight is 436 g/mol. The maximum atomic E-state index is 5.79. The molecule has 9 nitrogen and oxygen atoms in total. The number of anilines is 3. The molecule has 1 saturated heterocycles. The average Bonchev–Trinajstić information content (AvgIpc) is 2.79. The van der Waals surface area contributed by atoms with Crippen LogP contribution in [-0.4, -0.2) is 59.2 Å². The summed E-state index contributed by atoms with van der Waals surface area (Å²) in [6.07, 6.45) is 3.52. The van der Waals surface area contributed by atoms with Gasteiger partial charge in [-0.3, -0.25) is 4.98 Å². The lowest BCUT2D eigenvalue weighted by molar-refractivity contribution is 0.0513. The molecule has 4 rings (SSSR count). The molecule has 3 aromatic heterocycles. The van der Waals surface area contributed by atoms with Crippen LogP contribution in [-0.2, 0) is 4.74 Å². The predicted molar refractivity (Wildman–Crippen MR) is 124 cm³/mol. The molecule has 32 heavy (non-hydrogen) atoms. The van der Waals surface area contributed by atoms with Crippen LogP contribution in [0.3, 0.4) is 0 Å². The molecule has 9 heteroatoms. The van der Waals surface area contributed by atoms with Crippen LogP contribution in [0, 0.1) is 6.92 Å². The zero-order valence-corrected chi connectivity index (χ0v) is 18.9. The molecule has 0 bridgehead atoms. The summed E-state index contributed by atoms with van der Waals surface area (Å²) < 4.78 is 10.9. The van der Waals surface area contributed by atoms with Crippen molar-refractivity contribution >= 4 is 17.2 Å². The lowest BCUT2D eigenvalue weighted by Gasteiger charge is -2.36. The van der Waals surface area contributed by atoms with Gasteiger partial charge in [-0.05, 0) is 45.0 Å². The van der Waals surface area contributed by atoms with Crippen LogP contribution >= 0.6 is 0 Å². The van der Waals surface area contributed by atoms with Crippen molar-refractivity contribution in [2.75, 3.05) is 37.2 Å². The third-order valence-electron chi connectivity index (χ3n) is 5.16. The molecule has 1 unspecified atom stereocenters. The monoisotopic (exact) mass is 435 g/mol. The van der Waals surface area contributed by atoms with Gasteiger partial charge in [0.2, 0.25) is 0 Å². The van der Waals surface area contributed by atoms with Gasteiger partial charge in [0.1, 0.15) is 11.4 Å². The molecule has 0 amide bonds. The van der Waals surface area contributed by atoms with E-state index in [-0.39, 0.29) is 6.79 Å². The SMILES string of the molecule is COCOc1cc(Nc2ccc(C)nc2)cnc1-c1ccc(N2CC(C)N[C@@H](C)C2)nn1. The summed E-state index contributed by atoms with van der Waals surface area (Å²) in [5.74, 6) is 1.42. The standard InChI is InChI=1S/C23H29N7O2/c1-15-5-6-18(10-24-15)27-19-9-21(32-14-31-4)23(25-11-19)20-7-8-22(29-28-20)30-12-16(2)26-17(3)13-30/h5-11,16-17,26-27H,12-14H2,1-4H3/t16-,17?/m0/s1. The highest BCUT2D eigenvalue weighted by molar-refractivity contribution is 5.68. The summed E-state index contributed by atoms with van der Waals surface area (Å²) in [6.45, 7) is 8.20. The van der Waals surface area contributed by atoms with Crippen molar-refractivity contribution in [1.82, 2.24) is 25.5 Å². The largest absolute Gasteiger partial charge is 0.465 e. The normalized spacial score (nSPS) is 18.4. The molecule has 3 aromatic rings. The van der Waals surface area contributed by atoms with E-state index in [9.17, 15) is 0 Å². The Morgan fingerprint density at radius 3 is 2.47 bits per heavy atom. The molecule has 168 valence electrons. The van der Waals surface area contributed by atoms with Crippen LogP contribution in [0.5, 0.6) is 5.75 Å². The highest BCUT2D eigenvalue weighted by Gasteiger charge is 2.22. The molecule has 2 atom stereocenters. The van der Waals surface area contributed by atoms with E-state index in [0.717, 1.165) is 36.0 Å². The molecule has 1 aliphatic heterocycles. The molecule has 0 radical (unpaired) electrons. The number of ether oxygens (including phenoxy) is 2. The van der Waals surface area contributed by atoms with E-state index in [1.54, 1.807) is 19.5 Å². The highest BCUT2D eigenvalue weighted by Crippen LogP contribution is 2.31. The second kappa shape index (κ2) is 9.88. The molecule has 4 heterocycles. The van der Waals surface area contributed by atoms with Gasteiger partial charge in [0.05, 0.1) is 23.8 Å². The molecule has 0 saturated carbocycles. The van der Waals surface area contributed by atoms with E-state index < -0.39 is 0 Å². The number of methoxy groups -OCH3 is 1. The van der Waals surface area contributed by atoms with Crippen LogP contribution < -0.4 is 20.3 Å². The summed E-state index contributed by atoms with van der Waals surface area (Å²) >= 11 is 0. The number of nitrogens with one attached hydrogen (secondary N) is 2. The second-order valence-corrected chi connectivity index (χ2v) is 8.09. The van der Waals surface area contributed by atoms with E-state index in [1.165, 1.54) is 0 Å². The van der Waals surface area contributed by atoms with Crippen molar-refractivity contribution in [2.24, 2.45) is 0 Å². The van der Waals surface area contributed by atoms with Crippen molar-refractivity contribution in [3.05, 3.63) is 48.4 Å². The molecule has 1 fully saturated rings. The topological polar surface area (TPSA) is 97.3 Å². The van der Waals surface area contributed by atoms with Gasteiger partial charge < -0.3 is 25.0 Å². The number of hydrogen-bond acceptors (Lipinski definition) is 9. The van der Waals surface area contributed by atoms with E-state index in [2.05, 4.69) is 49.5 Å². The summed E-state index contributed by atoms with van der Waals surface area (Å²) in [6, 6.07) is 10.5. The van der Waals surface area contributed by atoms with Crippen molar-refractivity contribution in [2.45, 2.75) is 32.9 Å². The Bertz CT molecular complexity index is 1020. The Hall–Kier alpha value is -3.30. The zero-order chi connectivity index (χ0) is 22.5. The summed E-state index contributed by atoms with van der Waals surface area (Å²) in [5.41, 5.74) is 3.85. The lowest BCUT2D eigenvalue weighted by Crippen LogP contribution is -2.54. The quantitative estimate of drug-likeness (QED) is 0.542. The van der Waals surface area contributed by atoms with Gasteiger partial charge >= 0.3 is 0 Å². The fraction of sp³-hybridized carbons (Fsp3) is 0.391. The Kier molecular flexibility index (Phi) is 6.77. The first-order chi connectivity index (χ1) is 15.5. The van der Waals surface area contributed by atoms with Gasteiger partial charge in [0.15, 0.2) is 18.4 Å². The minimum atomic E-state index is 0.103. The Balaban J connectivity index is 1.56. The van der Waals surface area contributed by atoms with E-state index in [1.807, 2.05) is 37.3 Å². The van der Waals surface area contributed by atoms with Crippen LogP contribution in [0.25, 0.3) is 11.4 Å². The molecule has 0 spiro atoms. The van der Waals surface area contributed by atoms with Gasteiger partial charge in [-0.15, -0.1) is 10.2 Å². The number of pyridine rings is 2. The highest BCUT2D eigenvalue weighted by atomic mass is 16.7. The maximum absolute atomic E-state index is 5.79. The number of aryl methyl sites for hydroxylation is 1. The fourth-order valence-corrected chi connectivity index (χ4v) is 3.78. The first-order valence-electron chi connectivity index (χ1n) is 10.7. The minimum Gasteiger partial charge on any atom is -0.465 e. The Labute approximate surface area is 188 Å². The van der Waals surface area contributed by atoms with Gasteiger partial charge in [0, 0.05) is 44.0 Å². The molecule has 0 aromatic carbocycles. The van der Waals surface area contributed by atoms with Crippen molar-refractivity contribution < 1.29 is 9.47 Å². The Morgan fingerprint density at radius 1 is 1.03 bits per heavy atom. The molecular weight excluding hydrogens is 406 g/mol. The van der Waals surface area contributed by atoms with Gasteiger partial charge in [0.25, 0.3) is 0 Å². The van der Waals surface area contributed by atoms with Crippen molar-refractivity contribution in [3.8, 4) is 17.1 Å². The number of hydrogen-bond donors (Lipinski definition) is 2. The van der Waals surface area contributed by atoms with E-state index in [4.69, 9.17) is 9.47 Å². The predicted octanol–water partition coefficient (Wildman–Crippen LogP) is 3.15. The molecule has 1 aliphatic rings. The number of aromatic nitrogens is 4. The minimum absolute atomic E-state index is 0.103. The summed E-state index contributed by atoms with van der Waals surface area (Å²) in [5, 5.41) is 15.7. The zero-order valence-electron chi connectivity index (χ0n) is 18.9. The lowest BCUT2D eigenvalue weighted by atomic mass is 10.1. The number of rotatable bonds is 7. The van der Waals surface area contributed by atoms with Crippen molar-refractivity contribution in [1.29, 1.82) is 0 Å². The maximum Gasteiger partial charge on any atom is 0.188 e.